The van der Waals surface area contributed by atoms with Crippen LogP contribution in [-0.4, -0.2) is 5.97 Å². The number of benzene rings is 2. The Morgan fingerprint density at radius 2 is 1.85 bits per heavy atom. The molecule has 0 fully saturated rings. The molecular weight excluding hydrogens is 332 g/mol. The molecule has 0 aromatic heterocycles. The lowest BCUT2D eigenvalue weighted by atomic mass is 9.84. The predicted molar refractivity (Wildman–Crippen MR) is 114 cm³/mol. The lowest BCUT2D eigenvalue weighted by Gasteiger charge is -2.21. The molecule has 27 heavy (non-hydrogen) atoms. The molecule has 144 valence electrons. The summed E-state index contributed by atoms with van der Waals surface area (Å²) < 4.78 is 5.50. The molecule has 0 heterocycles. The molecule has 2 aromatic rings. The van der Waals surface area contributed by atoms with Gasteiger partial charge in [-0.05, 0) is 71.7 Å². The second-order valence-corrected chi connectivity index (χ2v) is 7.81. The minimum atomic E-state index is -0.131. The first kappa shape index (κ1) is 19.7. The Morgan fingerprint density at radius 1 is 1.04 bits per heavy atom. The summed E-state index contributed by atoms with van der Waals surface area (Å²) >= 11 is 0. The fourth-order valence-corrected chi connectivity index (χ4v) is 4.01. The van der Waals surface area contributed by atoms with Gasteiger partial charge in [0, 0.05) is 6.42 Å². The molecule has 0 bridgehead atoms. The van der Waals surface area contributed by atoms with Gasteiger partial charge < -0.3 is 4.74 Å². The van der Waals surface area contributed by atoms with Gasteiger partial charge in [-0.1, -0.05) is 63.8 Å². The summed E-state index contributed by atoms with van der Waals surface area (Å²) in [6.07, 6.45) is 12.4. The largest absolute Gasteiger partial charge is 0.427 e. The van der Waals surface area contributed by atoms with Crippen LogP contribution in [-0.2, 0) is 4.79 Å². The fourth-order valence-electron chi connectivity index (χ4n) is 4.01. The van der Waals surface area contributed by atoms with Crippen molar-refractivity contribution in [1.29, 1.82) is 0 Å². The van der Waals surface area contributed by atoms with Crippen LogP contribution in [0.1, 0.15) is 77.2 Å². The highest BCUT2D eigenvalue weighted by Crippen LogP contribution is 2.34. The van der Waals surface area contributed by atoms with Crippen LogP contribution in [0.5, 0.6) is 5.75 Å². The average Bonchev–Trinajstić information content (AvgIpc) is 2.69. The summed E-state index contributed by atoms with van der Waals surface area (Å²) in [6, 6.07) is 12.6. The number of fused-ring (bicyclic) bond motifs is 1. The van der Waals surface area contributed by atoms with Crippen LogP contribution in [0.15, 0.2) is 42.5 Å². The summed E-state index contributed by atoms with van der Waals surface area (Å²) in [4.78, 5) is 11.9. The third-order valence-electron chi connectivity index (χ3n) is 5.62. The van der Waals surface area contributed by atoms with E-state index in [9.17, 15) is 4.79 Å². The Bertz CT molecular complexity index is 803. The highest BCUT2D eigenvalue weighted by molar-refractivity contribution is 5.88. The highest BCUT2D eigenvalue weighted by Gasteiger charge is 2.15. The summed E-state index contributed by atoms with van der Waals surface area (Å²) in [5, 5.41) is 2.33. The van der Waals surface area contributed by atoms with Crippen molar-refractivity contribution in [2.24, 2.45) is 5.92 Å². The zero-order valence-corrected chi connectivity index (χ0v) is 16.8. The molecule has 1 atom stereocenters. The van der Waals surface area contributed by atoms with Crippen molar-refractivity contribution in [3.8, 4) is 5.75 Å². The van der Waals surface area contributed by atoms with Gasteiger partial charge in [-0.2, -0.15) is 0 Å². The van der Waals surface area contributed by atoms with E-state index in [0.29, 0.717) is 12.2 Å². The zero-order valence-electron chi connectivity index (χ0n) is 16.8. The molecule has 0 saturated carbocycles. The van der Waals surface area contributed by atoms with E-state index in [1.807, 2.05) is 12.1 Å². The third-order valence-corrected chi connectivity index (χ3v) is 5.62. The number of allylic oxidation sites excluding steroid dienone is 2. The van der Waals surface area contributed by atoms with E-state index in [1.165, 1.54) is 48.6 Å². The van der Waals surface area contributed by atoms with Gasteiger partial charge in [0.2, 0.25) is 0 Å². The normalized spacial score (nSPS) is 17.0. The topological polar surface area (TPSA) is 26.3 Å². The smallest absolute Gasteiger partial charge is 0.311 e. The van der Waals surface area contributed by atoms with Gasteiger partial charge in [0.1, 0.15) is 5.75 Å². The molecule has 2 heteroatoms. The standard InChI is InChI=1S/C25H32O2/c1-3-5-6-8-25(26)27-24-16-15-22-17-21(13-14-23(22)18-24)20-11-9-19(7-4-2)10-12-20/h11,13-19H,3-10,12H2,1-2H3. The molecule has 2 nitrogen and oxygen atoms in total. The van der Waals surface area contributed by atoms with Crippen LogP contribution in [0, 0.1) is 5.92 Å². The van der Waals surface area contributed by atoms with Crippen molar-refractivity contribution in [3.63, 3.8) is 0 Å². The van der Waals surface area contributed by atoms with E-state index in [2.05, 4.69) is 44.2 Å². The quantitative estimate of drug-likeness (QED) is 0.279. The lowest BCUT2D eigenvalue weighted by Crippen LogP contribution is -2.07. The maximum atomic E-state index is 11.9. The Morgan fingerprint density at radius 3 is 2.59 bits per heavy atom. The number of ether oxygens (including phenoxy) is 1. The number of carbonyl (C=O) groups is 1. The summed E-state index contributed by atoms with van der Waals surface area (Å²) in [5.41, 5.74) is 2.82. The summed E-state index contributed by atoms with van der Waals surface area (Å²) in [5.74, 6) is 1.39. The molecule has 3 rings (SSSR count). The molecule has 0 saturated heterocycles. The van der Waals surface area contributed by atoms with E-state index in [-0.39, 0.29) is 5.97 Å². The first-order valence-electron chi connectivity index (χ1n) is 10.6. The van der Waals surface area contributed by atoms with Gasteiger partial charge >= 0.3 is 5.97 Å². The lowest BCUT2D eigenvalue weighted by molar-refractivity contribution is -0.134. The first-order chi connectivity index (χ1) is 13.2. The number of hydrogen-bond acceptors (Lipinski definition) is 2. The third kappa shape index (κ3) is 5.45. The summed E-state index contributed by atoms with van der Waals surface area (Å²) in [6.45, 7) is 4.41. The van der Waals surface area contributed by atoms with E-state index in [1.54, 1.807) is 0 Å². The van der Waals surface area contributed by atoms with Gasteiger partial charge in [-0.25, -0.2) is 0 Å². The van der Waals surface area contributed by atoms with E-state index in [4.69, 9.17) is 4.74 Å². The minimum Gasteiger partial charge on any atom is -0.427 e. The van der Waals surface area contributed by atoms with Crippen LogP contribution < -0.4 is 4.74 Å². The average molecular weight is 365 g/mol. The van der Waals surface area contributed by atoms with Crippen LogP contribution >= 0.6 is 0 Å². The molecule has 2 aromatic carbocycles. The number of hydrogen-bond donors (Lipinski definition) is 0. The predicted octanol–water partition coefficient (Wildman–Crippen LogP) is 7.31. The Hall–Kier alpha value is -2.09. The molecular formula is C25H32O2. The summed E-state index contributed by atoms with van der Waals surface area (Å²) in [7, 11) is 0. The Kier molecular flexibility index (Phi) is 7.09. The van der Waals surface area contributed by atoms with Gasteiger partial charge in [-0.3, -0.25) is 4.79 Å². The van der Waals surface area contributed by atoms with Gasteiger partial charge in [-0.15, -0.1) is 0 Å². The van der Waals surface area contributed by atoms with Gasteiger partial charge in [0.05, 0.1) is 0 Å². The molecule has 0 amide bonds. The molecule has 0 N–H and O–H groups in total. The van der Waals surface area contributed by atoms with Crippen LogP contribution in [0.4, 0.5) is 0 Å². The molecule has 0 spiro atoms. The molecule has 1 unspecified atom stereocenters. The van der Waals surface area contributed by atoms with E-state index < -0.39 is 0 Å². The first-order valence-corrected chi connectivity index (χ1v) is 10.6. The Labute approximate surface area is 163 Å². The van der Waals surface area contributed by atoms with Crippen molar-refractivity contribution in [3.05, 3.63) is 48.0 Å². The van der Waals surface area contributed by atoms with Crippen molar-refractivity contribution >= 4 is 22.3 Å². The second kappa shape index (κ2) is 9.73. The van der Waals surface area contributed by atoms with Crippen LogP contribution in [0.2, 0.25) is 0 Å². The maximum absolute atomic E-state index is 11.9. The molecule has 1 aliphatic rings. The number of esters is 1. The molecule has 0 radical (unpaired) electrons. The van der Waals surface area contributed by atoms with Crippen molar-refractivity contribution in [2.75, 3.05) is 0 Å². The SMILES string of the molecule is CCCCCC(=O)Oc1ccc2cc(C3=CCC(CCC)CC3)ccc2c1. The monoisotopic (exact) mass is 364 g/mol. The van der Waals surface area contributed by atoms with Gasteiger partial charge in [0.15, 0.2) is 0 Å². The number of carbonyl (C=O) groups excluding carboxylic acids is 1. The second-order valence-electron chi connectivity index (χ2n) is 7.81. The number of rotatable bonds is 8. The maximum Gasteiger partial charge on any atom is 0.311 e. The van der Waals surface area contributed by atoms with Crippen LogP contribution in [0.3, 0.4) is 0 Å². The number of unbranched alkanes of at least 4 members (excludes halogenated alkanes) is 2. The van der Waals surface area contributed by atoms with E-state index in [0.717, 1.165) is 30.6 Å². The molecule has 0 aliphatic heterocycles. The Balaban J connectivity index is 1.67. The van der Waals surface area contributed by atoms with E-state index >= 15 is 0 Å². The fraction of sp³-hybridized carbons (Fsp3) is 0.480. The van der Waals surface area contributed by atoms with Crippen LogP contribution in [0.25, 0.3) is 16.3 Å². The van der Waals surface area contributed by atoms with Crippen molar-refractivity contribution in [2.45, 2.75) is 71.6 Å². The van der Waals surface area contributed by atoms with Crippen molar-refractivity contribution < 1.29 is 9.53 Å². The highest BCUT2D eigenvalue weighted by atomic mass is 16.5. The zero-order chi connectivity index (χ0) is 19.1. The van der Waals surface area contributed by atoms with Gasteiger partial charge in [0.25, 0.3) is 0 Å². The molecule has 1 aliphatic carbocycles. The minimum absolute atomic E-state index is 0.131. The van der Waals surface area contributed by atoms with Crippen molar-refractivity contribution in [1.82, 2.24) is 0 Å².